The van der Waals surface area contributed by atoms with Gasteiger partial charge in [0.2, 0.25) is 5.91 Å². The van der Waals surface area contributed by atoms with Crippen molar-refractivity contribution < 1.29 is 24.2 Å². The van der Waals surface area contributed by atoms with Crippen LogP contribution in [-0.2, 0) is 9.59 Å². The van der Waals surface area contributed by atoms with Crippen molar-refractivity contribution in [2.75, 3.05) is 19.7 Å². The van der Waals surface area contributed by atoms with E-state index >= 15 is 0 Å². The first-order valence-corrected chi connectivity index (χ1v) is 8.78. The molecule has 6 heteroatoms. The zero-order valence-corrected chi connectivity index (χ0v) is 14.6. The Morgan fingerprint density at radius 1 is 1.12 bits per heavy atom. The molecule has 0 atom stereocenters. The number of carbonyl (C=O) groups excluding carboxylic acids is 2. The van der Waals surface area contributed by atoms with E-state index in [-0.39, 0.29) is 30.4 Å². The molecule has 2 rings (SSSR count). The second-order valence-electron chi connectivity index (χ2n) is 6.29. The number of ketones is 1. The predicted molar refractivity (Wildman–Crippen MR) is 92.7 cm³/mol. The summed E-state index contributed by atoms with van der Waals surface area (Å²) >= 11 is 0. The molecule has 6 nitrogen and oxygen atoms in total. The van der Waals surface area contributed by atoms with Gasteiger partial charge in [-0.1, -0.05) is 6.92 Å². The maximum absolute atomic E-state index is 12.2. The normalized spacial score (nSPS) is 15.0. The molecule has 0 radical (unpaired) electrons. The molecule has 1 aliphatic heterocycles. The number of ether oxygens (including phenoxy) is 1. The molecule has 1 aromatic rings. The van der Waals surface area contributed by atoms with Crippen molar-refractivity contribution in [2.24, 2.45) is 5.92 Å². The Morgan fingerprint density at radius 2 is 1.76 bits per heavy atom. The Morgan fingerprint density at radius 3 is 2.32 bits per heavy atom. The highest BCUT2D eigenvalue weighted by atomic mass is 16.5. The van der Waals surface area contributed by atoms with Crippen LogP contribution in [0, 0.1) is 5.92 Å². The molecule has 1 aliphatic rings. The molecule has 136 valence electrons. The first kappa shape index (κ1) is 19.0. The van der Waals surface area contributed by atoms with Crippen molar-refractivity contribution in [1.29, 1.82) is 0 Å². The van der Waals surface area contributed by atoms with Gasteiger partial charge in [0.1, 0.15) is 5.75 Å². The van der Waals surface area contributed by atoms with Crippen LogP contribution in [-0.4, -0.2) is 47.4 Å². The molecular weight excluding hydrogens is 322 g/mol. The van der Waals surface area contributed by atoms with Crippen LogP contribution in [0.5, 0.6) is 5.75 Å². The first-order valence-electron chi connectivity index (χ1n) is 8.78. The van der Waals surface area contributed by atoms with Gasteiger partial charge in [0.05, 0.1) is 12.5 Å². The maximum Gasteiger partial charge on any atom is 0.306 e. The fourth-order valence-electron chi connectivity index (χ4n) is 2.86. The summed E-state index contributed by atoms with van der Waals surface area (Å²) in [4.78, 5) is 37.0. The van der Waals surface area contributed by atoms with Gasteiger partial charge in [-0.25, -0.2) is 0 Å². The molecule has 25 heavy (non-hydrogen) atoms. The average molecular weight is 347 g/mol. The summed E-state index contributed by atoms with van der Waals surface area (Å²) in [7, 11) is 0. The maximum atomic E-state index is 12.2. The van der Waals surface area contributed by atoms with Gasteiger partial charge in [-0.2, -0.15) is 0 Å². The van der Waals surface area contributed by atoms with E-state index in [0.717, 1.165) is 12.2 Å². The van der Waals surface area contributed by atoms with Crippen molar-refractivity contribution in [3.8, 4) is 5.75 Å². The fourth-order valence-corrected chi connectivity index (χ4v) is 2.86. The smallest absolute Gasteiger partial charge is 0.306 e. The number of carboxylic acid groups (broad SMARTS) is 1. The van der Waals surface area contributed by atoms with Crippen LogP contribution in [0.25, 0.3) is 0 Å². The molecule has 1 N–H and O–H groups in total. The van der Waals surface area contributed by atoms with Gasteiger partial charge in [0.25, 0.3) is 0 Å². The number of piperidine rings is 1. The third kappa shape index (κ3) is 5.59. The highest BCUT2D eigenvalue weighted by Crippen LogP contribution is 2.19. The quantitative estimate of drug-likeness (QED) is 0.731. The summed E-state index contributed by atoms with van der Waals surface area (Å²) in [5, 5.41) is 8.98. The molecule has 0 spiro atoms. The van der Waals surface area contributed by atoms with Gasteiger partial charge < -0.3 is 14.7 Å². The minimum absolute atomic E-state index is 0.0733. The number of carbonyl (C=O) groups is 3. The zero-order chi connectivity index (χ0) is 18.2. The van der Waals surface area contributed by atoms with Gasteiger partial charge in [-0.3, -0.25) is 14.4 Å². The van der Waals surface area contributed by atoms with E-state index in [9.17, 15) is 14.4 Å². The number of aliphatic carboxylic acids is 1. The number of rotatable bonds is 8. The molecule has 1 fully saturated rings. The number of hydrogen-bond donors (Lipinski definition) is 1. The van der Waals surface area contributed by atoms with Crippen LogP contribution in [0.1, 0.15) is 49.4 Å². The molecule has 0 saturated carbocycles. The van der Waals surface area contributed by atoms with Crippen molar-refractivity contribution in [3.63, 3.8) is 0 Å². The second kappa shape index (κ2) is 9.20. The topological polar surface area (TPSA) is 83.9 Å². The summed E-state index contributed by atoms with van der Waals surface area (Å²) in [5.74, 6) is -0.584. The van der Waals surface area contributed by atoms with E-state index in [4.69, 9.17) is 9.84 Å². The van der Waals surface area contributed by atoms with E-state index in [1.807, 2.05) is 6.92 Å². The van der Waals surface area contributed by atoms with Crippen molar-refractivity contribution in [3.05, 3.63) is 29.8 Å². The first-order chi connectivity index (χ1) is 12.0. The lowest BCUT2D eigenvalue weighted by atomic mass is 9.96. The molecular formula is C19H25NO5. The van der Waals surface area contributed by atoms with E-state index in [1.165, 1.54) is 0 Å². The molecule has 0 unspecified atom stereocenters. The molecule has 1 amide bonds. The zero-order valence-electron chi connectivity index (χ0n) is 14.6. The third-order valence-corrected chi connectivity index (χ3v) is 4.41. The SMILES string of the molecule is CCCOc1ccc(C(=O)CCC(=O)N2CCC(C(=O)O)CC2)cc1. The Kier molecular flexibility index (Phi) is 6.98. The molecule has 1 saturated heterocycles. The van der Waals surface area contributed by atoms with Gasteiger partial charge in [0.15, 0.2) is 5.78 Å². The number of nitrogens with zero attached hydrogens (tertiary/aromatic N) is 1. The van der Waals surface area contributed by atoms with E-state index < -0.39 is 5.97 Å². The lowest BCUT2D eigenvalue weighted by Gasteiger charge is -2.30. The Balaban J connectivity index is 1.77. The summed E-state index contributed by atoms with van der Waals surface area (Å²) in [5.41, 5.74) is 0.571. The summed E-state index contributed by atoms with van der Waals surface area (Å²) < 4.78 is 5.48. The summed E-state index contributed by atoms with van der Waals surface area (Å²) in [6.07, 6.45) is 2.20. The third-order valence-electron chi connectivity index (χ3n) is 4.41. The lowest BCUT2D eigenvalue weighted by Crippen LogP contribution is -2.40. The van der Waals surface area contributed by atoms with Crippen molar-refractivity contribution in [2.45, 2.75) is 39.0 Å². The largest absolute Gasteiger partial charge is 0.494 e. The molecule has 1 heterocycles. The van der Waals surface area contributed by atoms with Crippen molar-refractivity contribution >= 4 is 17.7 Å². The minimum Gasteiger partial charge on any atom is -0.494 e. The predicted octanol–water partition coefficient (Wildman–Crippen LogP) is 2.76. The summed E-state index contributed by atoms with van der Waals surface area (Å²) in [6.45, 7) is 3.57. The van der Waals surface area contributed by atoms with Gasteiger partial charge in [0, 0.05) is 31.5 Å². The number of likely N-dealkylation sites (tertiary alicyclic amines) is 1. The van der Waals surface area contributed by atoms with Gasteiger partial charge in [-0.15, -0.1) is 0 Å². The summed E-state index contributed by atoms with van der Waals surface area (Å²) in [6, 6.07) is 6.97. The van der Waals surface area contributed by atoms with E-state index in [1.54, 1.807) is 29.2 Å². The molecule has 0 aliphatic carbocycles. The average Bonchev–Trinajstić information content (AvgIpc) is 2.64. The van der Waals surface area contributed by atoms with Crippen molar-refractivity contribution in [1.82, 2.24) is 4.90 Å². The van der Waals surface area contributed by atoms with Gasteiger partial charge >= 0.3 is 5.97 Å². The van der Waals surface area contributed by atoms with Crippen LogP contribution >= 0.6 is 0 Å². The second-order valence-corrected chi connectivity index (χ2v) is 6.29. The minimum atomic E-state index is -0.798. The molecule has 0 bridgehead atoms. The Labute approximate surface area is 147 Å². The Hall–Kier alpha value is -2.37. The highest BCUT2D eigenvalue weighted by molar-refractivity contribution is 5.98. The van der Waals surface area contributed by atoms with Gasteiger partial charge in [-0.05, 0) is 43.5 Å². The fraction of sp³-hybridized carbons (Fsp3) is 0.526. The monoisotopic (exact) mass is 347 g/mol. The molecule has 1 aromatic carbocycles. The van der Waals surface area contributed by atoms with Crippen LogP contribution in [0.2, 0.25) is 0 Å². The number of amides is 1. The standard InChI is InChI=1S/C19H25NO5/c1-2-13-25-16-5-3-14(4-6-16)17(21)7-8-18(22)20-11-9-15(10-12-20)19(23)24/h3-6,15H,2,7-13H2,1H3,(H,23,24). The number of hydrogen-bond acceptors (Lipinski definition) is 4. The van der Waals surface area contributed by atoms with E-state index in [2.05, 4.69) is 0 Å². The highest BCUT2D eigenvalue weighted by Gasteiger charge is 2.27. The van der Waals surface area contributed by atoms with E-state index in [0.29, 0.717) is 38.1 Å². The number of Topliss-reactive ketones (excluding diaryl/α,β-unsaturated/α-hetero) is 1. The number of carboxylic acids is 1. The Bertz CT molecular complexity index is 603. The van der Waals surface area contributed by atoms with Crippen LogP contribution in [0.3, 0.4) is 0 Å². The number of benzene rings is 1. The molecule has 0 aromatic heterocycles. The van der Waals surface area contributed by atoms with Crippen LogP contribution in [0.15, 0.2) is 24.3 Å². The van der Waals surface area contributed by atoms with Crippen LogP contribution < -0.4 is 4.74 Å². The lowest BCUT2D eigenvalue weighted by molar-refractivity contribution is -0.145. The van der Waals surface area contributed by atoms with Crippen LogP contribution in [0.4, 0.5) is 0 Å².